The highest BCUT2D eigenvalue weighted by atomic mass is 16.5. The molecule has 26 heavy (non-hydrogen) atoms. The number of carbonyl (C=O) groups excluding carboxylic acids is 1. The van der Waals surface area contributed by atoms with Crippen LogP contribution in [-0.2, 0) is 0 Å². The fraction of sp³-hybridized carbons (Fsp3) is 0.350. The highest BCUT2D eigenvalue weighted by Gasteiger charge is 2.14. The van der Waals surface area contributed by atoms with Gasteiger partial charge in [-0.25, -0.2) is 4.79 Å². The molecule has 0 atom stereocenters. The Morgan fingerprint density at radius 3 is 2.00 bits per heavy atom. The SMILES string of the molecule is CCOc1ccc(NC(=O)Nc2ccc(N3CCN(C)CC3)cc2)cc1. The van der Waals surface area contributed by atoms with Crippen LogP contribution in [0.4, 0.5) is 21.9 Å². The Labute approximate surface area is 154 Å². The predicted molar refractivity (Wildman–Crippen MR) is 106 cm³/mol. The monoisotopic (exact) mass is 354 g/mol. The van der Waals surface area contributed by atoms with Crippen molar-refractivity contribution in [2.75, 3.05) is 55.4 Å². The van der Waals surface area contributed by atoms with Crippen LogP contribution in [0.1, 0.15) is 6.92 Å². The molecule has 2 aromatic rings. The molecule has 138 valence electrons. The van der Waals surface area contributed by atoms with E-state index in [1.807, 2.05) is 43.3 Å². The summed E-state index contributed by atoms with van der Waals surface area (Å²) in [4.78, 5) is 16.8. The molecule has 6 heteroatoms. The van der Waals surface area contributed by atoms with Crippen molar-refractivity contribution in [3.05, 3.63) is 48.5 Å². The molecule has 1 aliphatic rings. The zero-order chi connectivity index (χ0) is 18.4. The predicted octanol–water partition coefficient (Wildman–Crippen LogP) is 3.48. The van der Waals surface area contributed by atoms with Crippen LogP contribution in [0.3, 0.4) is 0 Å². The van der Waals surface area contributed by atoms with E-state index in [2.05, 4.69) is 39.6 Å². The lowest BCUT2D eigenvalue weighted by Crippen LogP contribution is -2.44. The smallest absolute Gasteiger partial charge is 0.323 e. The van der Waals surface area contributed by atoms with E-state index in [1.54, 1.807) is 0 Å². The van der Waals surface area contributed by atoms with Gasteiger partial charge in [-0.15, -0.1) is 0 Å². The molecule has 1 fully saturated rings. The molecule has 2 aromatic carbocycles. The third-order valence-electron chi connectivity index (χ3n) is 4.42. The fourth-order valence-electron chi connectivity index (χ4n) is 2.91. The van der Waals surface area contributed by atoms with Crippen LogP contribution in [0.5, 0.6) is 5.75 Å². The Bertz CT molecular complexity index is 708. The maximum absolute atomic E-state index is 12.1. The molecule has 0 unspecified atom stereocenters. The van der Waals surface area contributed by atoms with Gasteiger partial charge in [0.1, 0.15) is 5.75 Å². The molecule has 0 aliphatic carbocycles. The van der Waals surface area contributed by atoms with Crippen LogP contribution in [0, 0.1) is 0 Å². The van der Waals surface area contributed by atoms with E-state index in [4.69, 9.17) is 4.74 Å². The first kappa shape index (κ1) is 18.1. The summed E-state index contributed by atoms with van der Waals surface area (Å²) in [5, 5.41) is 5.68. The number of piperazine rings is 1. The maximum atomic E-state index is 12.1. The zero-order valence-electron chi connectivity index (χ0n) is 15.4. The molecule has 0 saturated carbocycles. The minimum absolute atomic E-state index is 0.262. The fourth-order valence-corrected chi connectivity index (χ4v) is 2.91. The van der Waals surface area contributed by atoms with Gasteiger partial charge in [-0.3, -0.25) is 0 Å². The van der Waals surface area contributed by atoms with E-state index in [1.165, 1.54) is 5.69 Å². The molecule has 1 heterocycles. The van der Waals surface area contributed by atoms with Crippen LogP contribution < -0.4 is 20.3 Å². The van der Waals surface area contributed by atoms with Gasteiger partial charge in [0.2, 0.25) is 0 Å². The molecule has 0 spiro atoms. The molecule has 0 bridgehead atoms. The molecule has 2 amide bonds. The first-order chi connectivity index (χ1) is 12.6. The molecule has 0 radical (unpaired) electrons. The van der Waals surface area contributed by atoms with Crippen LogP contribution in [-0.4, -0.2) is 50.8 Å². The van der Waals surface area contributed by atoms with Gasteiger partial charge in [-0.2, -0.15) is 0 Å². The summed E-state index contributed by atoms with van der Waals surface area (Å²) in [7, 11) is 2.15. The summed E-state index contributed by atoms with van der Waals surface area (Å²) in [6.45, 7) is 6.77. The van der Waals surface area contributed by atoms with Crippen molar-refractivity contribution in [2.24, 2.45) is 0 Å². The van der Waals surface area contributed by atoms with Crippen molar-refractivity contribution in [3.63, 3.8) is 0 Å². The highest BCUT2D eigenvalue weighted by Crippen LogP contribution is 2.20. The van der Waals surface area contributed by atoms with Gasteiger partial charge in [0.25, 0.3) is 0 Å². The van der Waals surface area contributed by atoms with Crippen molar-refractivity contribution < 1.29 is 9.53 Å². The van der Waals surface area contributed by atoms with Crippen molar-refractivity contribution in [1.29, 1.82) is 0 Å². The largest absolute Gasteiger partial charge is 0.494 e. The van der Waals surface area contributed by atoms with Crippen LogP contribution >= 0.6 is 0 Å². The van der Waals surface area contributed by atoms with Gasteiger partial charge in [-0.1, -0.05) is 0 Å². The van der Waals surface area contributed by atoms with Gasteiger partial charge < -0.3 is 25.2 Å². The topological polar surface area (TPSA) is 56.8 Å². The molecule has 1 aliphatic heterocycles. The van der Waals surface area contributed by atoms with Gasteiger partial charge in [0, 0.05) is 43.2 Å². The van der Waals surface area contributed by atoms with Crippen LogP contribution in [0.25, 0.3) is 0 Å². The number of hydrogen-bond donors (Lipinski definition) is 2. The Balaban J connectivity index is 1.52. The van der Waals surface area contributed by atoms with Gasteiger partial charge in [0.15, 0.2) is 0 Å². The van der Waals surface area contributed by atoms with Gasteiger partial charge >= 0.3 is 6.03 Å². The summed E-state index contributed by atoms with van der Waals surface area (Å²) in [5.41, 5.74) is 2.68. The number of carbonyl (C=O) groups is 1. The number of amides is 2. The molecule has 6 nitrogen and oxygen atoms in total. The number of nitrogens with zero attached hydrogens (tertiary/aromatic N) is 2. The van der Waals surface area contributed by atoms with E-state index in [-0.39, 0.29) is 6.03 Å². The van der Waals surface area contributed by atoms with E-state index in [0.717, 1.165) is 43.3 Å². The van der Waals surface area contributed by atoms with Crippen LogP contribution in [0.2, 0.25) is 0 Å². The average molecular weight is 354 g/mol. The van der Waals surface area contributed by atoms with Gasteiger partial charge in [-0.05, 0) is 62.5 Å². The Morgan fingerprint density at radius 1 is 0.923 bits per heavy atom. The second-order valence-electron chi connectivity index (χ2n) is 6.37. The number of benzene rings is 2. The third-order valence-corrected chi connectivity index (χ3v) is 4.42. The summed E-state index contributed by atoms with van der Waals surface area (Å²) in [6.07, 6.45) is 0. The molecule has 0 aromatic heterocycles. The Morgan fingerprint density at radius 2 is 1.46 bits per heavy atom. The van der Waals surface area contributed by atoms with Gasteiger partial charge in [0.05, 0.1) is 6.61 Å². The standard InChI is InChI=1S/C20H26N4O2/c1-3-26-19-10-6-17(7-11-19)22-20(25)21-16-4-8-18(9-5-16)24-14-12-23(2)13-15-24/h4-11H,3,12-15H2,1-2H3,(H2,21,22,25). The Kier molecular flexibility index (Phi) is 5.96. The molecule has 1 saturated heterocycles. The lowest BCUT2D eigenvalue weighted by atomic mass is 10.2. The quantitative estimate of drug-likeness (QED) is 0.863. The zero-order valence-corrected chi connectivity index (χ0v) is 15.4. The average Bonchev–Trinajstić information content (AvgIpc) is 2.65. The van der Waals surface area contributed by atoms with Crippen molar-refractivity contribution >= 4 is 23.1 Å². The normalized spacial score (nSPS) is 14.8. The number of rotatable bonds is 5. The third kappa shape index (κ3) is 4.89. The molecule has 2 N–H and O–H groups in total. The van der Waals surface area contributed by atoms with Crippen molar-refractivity contribution in [3.8, 4) is 5.75 Å². The number of hydrogen-bond acceptors (Lipinski definition) is 4. The highest BCUT2D eigenvalue weighted by molar-refractivity contribution is 5.99. The van der Waals surface area contributed by atoms with E-state index < -0.39 is 0 Å². The summed E-state index contributed by atoms with van der Waals surface area (Å²) < 4.78 is 5.39. The summed E-state index contributed by atoms with van der Waals surface area (Å²) in [6, 6.07) is 15.0. The van der Waals surface area contributed by atoms with E-state index >= 15 is 0 Å². The van der Waals surface area contributed by atoms with Crippen molar-refractivity contribution in [2.45, 2.75) is 6.92 Å². The molecular weight excluding hydrogens is 328 g/mol. The number of likely N-dealkylation sites (N-methyl/N-ethyl adjacent to an activating group) is 1. The summed E-state index contributed by atoms with van der Waals surface area (Å²) in [5.74, 6) is 0.790. The van der Waals surface area contributed by atoms with Crippen LogP contribution in [0.15, 0.2) is 48.5 Å². The second-order valence-corrected chi connectivity index (χ2v) is 6.37. The number of ether oxygens (including phenoxy) is 1. The van der Waals surface area contributed by atoms with E-state index in [9.17, 15) is 4.79 Å². The number of nitrogens with one attached hydrogen (secondary N) is 2. The minimum Gasteiger partial charge on any atom is -0.494 e. The lowest BCUT2D eigenvalue weighted by Gasteiger charge is -2.34. The summed E-state index contributed by atoms with van der Waals surface area (Å²) >= 11 is 0. The molecular formula is C20H26N4O2. The number of urea groups is 1. The second kappa shape index (κ2) is 8.58. The Hall–Kier alpha value is -2.73. The first-order valence-electron chi connectivity index (χ1n) is 8.98. The molecule has 3 rings (SSSR count). The maximum Gasteiger partial charge on any atom is 0.323 e. The van der Waals surface area contributed by atoms with Crippen molar-refractivity contribution in [1.82, 2.24) is 4.90 Å². The number of anilines is 3. The minimum atomic E-state index is -0.262. The lowest BCUT2D eigenvalue weighted by molar-refractivity contribution is 0.262. The van der Waals surface area contributed by atoms with E-state index in [0.29, 0.717) is 6.61 Å². The first-order valence-corrected chi connectivity index (χ1v) is 8.98.